The van der Waals surface area contributed by atoms with E-state index >= 15 is 0 Å². The topological polar surface area (TPSA) is 95.0 Å². The smallest absolute Gasteiger partial charge is 0.251 e. The van der Waals surface area contributed by atoms with Crippen molar-refractivity contribution in [3.63, 3.8) is 0 Å². The molecule has 1 aromatic heterocycles. The molecule has 0 spiro atoms. The second-order valence-electron chi connectivity index (χ2n) is 6.75. The highest BCUT2D eigenvalue weighted by atomic mass is 16.5. The van der Waals surface area contributed by atoms with E-state index in [1.54, 1.807) is 30.3 Å². The van der Waals surface area contributed by atoms with Gasteiger partial charge in [0.1, 0.15) is 11.7 Å². The number of aromatic nitrogens is 1. The molecule has 0 saturated carbocycles. The summed E-state index contributed by atoms with van der Waals surface area (Å²) in [5.74, 6) is -0.983. The first-order chi connectivity index (χ1) is 13.4. The highest BCUT2D eigenvalue weighted by Gasteiger charge is 2.21. The number of nitrogens with one attached hydrogen (secondary N) is 2. The number of anilines is 1. The van der Waals surface area contributed by atoms with E-state index in [2.05, 4.69) is 10.3 Å². The number of benzene rings is 2. The fraction of sp³-hybridized carbons (Fsp3) is 0.227. The van der Waals surface area contributed by atoms with Gasteiger partial charge in [-0.2, -0.15) is 5.26 Å². The first-order valence-electron chi connectivity index (χ1n) is 8.89. The highest BCUT2D eigenvalue weighted by Crippen LogP contribution is 2.24. The van der Waals surface area contributed by atoms with Crippen molar-refractivity contribution < 1.29 is 9.53 Å². The SMILES string of the molecule is COc1ccccc1NC(=O)[C@@H](C#N)Cc1cc2cc(C)cc(C)c2[nH]c1=O. The summed E-state index contributed by atoms with van der Waals surface area (Å²) in [6.45, 7) is 3.92. The van der Waals surface area contributed by atoms with Crippen LogP contribution in [0, 0.1) is 31.1 Å². The molecule has 3 aromatic rings. The van der Waals surface area contributed by atoms with E-state index in [1.807, 2.05) is 32.0 Å². The first kappa shape index (κ1) is 19.2. The fourth-order valence-corrected chi connectivity index (χ4v) is 3.27. The molecule has 3 rings (SSSR count). The number of carbonyl (C=O) groups excluding carboxylic acids is 1. The second-order valence-corrected chi connectivity index (χ2v) is 6.75. The van der Waals surface area contributed by atoms with Gasteiger partial charge in [0.25, 0.3) is 5.56 Å². The molecule has 2 N–H and O–H groups in total. The number of nitrogens with zero attached hydrogens (tertiary/aromatic N) is 1. The van der Waals surface area contributed by atoms with E-state index in [1.165, 1.54) is 7.11 Å². The van der Waals surface area contributed by atoms with Gasteiger partial charge in [0.2, 0.25) is 5.91 Å². The van der Waals surface area contributed by atoms with Gasteiger partial charge in [0, 0.05) is 12.0 Å². The molecule has 0 fully saturated rings. The average Bonchev–Trinajstić information content (AvgIpc) is 2.67. The van der Waals surface area contributed by atoms with Gasteiger partial charge in [-0.05, 0) is 49.1 Å². The van der Waals surface area contributed by atoms with Crippen LogP contribution >= 0.6 is 0 Å². The number of aromatic amines is 1. The number of hydrogen-bond donors (Lipinski definition) is 2. The maximum atomic E-state index is 12.6. The van der Waals surface area contributed by atoms with Crippen molar-refractivity contribution in [1.29, 1.82) is 5.26 Å². The minimum atomic E-state index is -1.01. The van der Waals surface area contributed by atoms with Gasteiger partial charge in [0.15, 0.2) is 0 Å². The van der Waals surface area contributed by atoms with Crippen LogP contribution in [0.5, 0.6) is 5.75 Å². The van der Waals surface area contributed by atoms with Gasteiger partial charge < -0.3 is 15.0 Å². The summed E-state index contributed by atoms with van der Waals surface area (Å²) in [6.07, 6.45) is 0.0236. The zero-order valence-corrected chi connectivity index (χ0v) is 16.0. The van der Waals surface area contributed by atoms with Crippen molar-refractivity contribution in [1.82, 2.24) is 4.98 Å². The number of aryl methyl sites for hydroxylation is 2. The molecule has 1 atom stereocenters. The van der Waals surface area contributed by atoms with Gasteiger partial charge in [0.05, 0.1) is 24.4 Å². The fourth-order valence-electron chi connectivity index (χ4n) is 3.27. The normalized spacial score (nSPS) is 11.6. The Morgan fingerprint density at radius 2 is 2.00 bits per heavy atom. The summed E-state index contributed by atoms with van der Waals surface area (Å²) >= 11 is 0. The lowest BCUT2D eigenvalue weighted by Gasteiger charge is -2.13. The Labute approximate surface area is 162 Å². The number of para-hydroxylation sites is 2. The van der Waals surface area contributed by atoms with Gasteiger partial charge in [-0.1, -0.05) is 23.8 Å². The Morgan fingerprint density at radius 3 is 2.71 bits per heavy atom. The molecule has 28 heavy (non-hydrogen) atoms. The molecule has 2 aromatic carbocycles. The summed E-state index contributed by atoms with van der Waals surface area (Å²) in [5.41, 5.74) is 3.42. The first-order valence-corrected chi connectivity index (χ1v) is 8.89. The number of rotatable bonds is 5. The van der Waals surface area contributed by atoms with Crippen LogP contribution in [0.4, 0.5) is 5.69 Å². The monoisotopic (exact) mass is 375 g/mol. The van der Waals surface area contributed by atoms with E-state index in [9.17, 15) is 14.9 Å². The van der Waals surface area contributed by atoms with Crippen LogP contribution in [0.1, 0.15) is 16.7 Å². The summed E-state index contributed by atoms with van der Waals surface area (Å²) in [6, 6.07) is 14.7. The Balaban J connectivity index is 1.88. The number of methoxy groups -OCH3 is 1. The minimum Gasteiger partial charge on any atom is -0.495 e. The third-order valence-corrected chi connectivity index (χ3v) is 4.63. The van der Waals surface area contributed by atoms with Crippen molar-refractivity contribution in [2.45, 2.75) is 20.3 Å². The van der Waals surface area contributed by atoms with Crippen LogP contribution in [0.15, 0.2) is 47.3 Å². The largest absolute Gasteiger partial charge is 0.495 e. The lowest BCUT2D eigenvalue weighted by atomic mass is 9.98. The molecule has 1 heterocycles. The molecule has 0 unspecified atom stereocenters. The van der Waals surface area contributed by atoms with Crippen LogP contribution in [-0.2, 0) is 11.2 Å². The third kappa shape index (κ3) is 3.89. The predicted molar refractivity (Wildman–Crippen MR) is 108 cm³/mol. The van der Waals surface area contributed by atoms with Gasteiger partial charge in [-0.15, -0.1) is 0 Å². The second kappa shape index (κ2) is 7.97. The summed E-state index contributed by atoms with van der Waals surface area (Å²) in [7, 11) is 1.51. The number of pyridine rings is 1. The van der Waals surface area contributed by atoms with Gasteiger partial charge in [-0.3, -0.25) is 9.59 Å². The maximum absolute atomic E-state index is 12.6. The van der Waals surface area contributed by atoms with Crippen LogP contribution < -0.4 is 15.6 Å². The lowest BCUT2D eigenvalue weighted by Crippen LogP contribution is -2.26. The van der Waals surface area contributed by atoms with Crippen LogP contribution in [-0.4, -0.2) is 18.0 Å². The van der Waals surface area contributed by atoms with Crippen LogP contribution in [0.3, 0.4) is 0 Å². The zero-order valence-electron chi connectivity index (χ0n) is 16.0. The number of fused-ring (bicyclic) bond motifs is 1. The van der Waals surface area contributed by atoms with Gasteiger partial charge >= 0.3 is 0 Å². The Bertz CT molecular complexity index is 1140. The van der Waals surface area contributed by atoms with Crippen molar-refractivity contribution in [2.75, 3.05) is 12.4 Å². The lowest BCUT2D eigenvalue weighted by molar-refractivity contribution is -0.118. The van der Waals surface area contributed by atoms with Crippen molar-refractivity contribution in [3.05, 3.63) is 69.5 Å². The zero-order chi connectivity index (χ0) is 20.3. The van der Waals surface area contributed by atoms with Crippen molar-refractivity contribution >= 4 is 22.5 Å². The molecule has 6 nitrogen and oxygen atoms in total. The van der Waals surface area contributed by atoms with Crippen LogP contribution in [0.2, 0.25) is 0 Å². The minimum absolute atomic E-state index is 0.0236. The van der Waals surface area contributed by atoms with Crippen molar-refractivity contribution in [2.24, 2.45) is 5.92 Å². The molecular weight excluding hydrogens is 354 g/mol. The average molecular weight is 375 g/mol. The predicted octanol–water partition coefficient (Wildman–Crippen LogP) is 3.47. The summed E-state index contributed by atoms with van der Waals surface area (Å²) in [4.78, 5) is 28.0. The number of amides is 1. The van der Waals surface area contributed by atoms with E-state index in [0.29, 0.717) is 17.0 Å². The molecule has 6 heteroatoms. The standard InChI is InChI=1S/C22H21N3O3/c1-13-8-14(2)20-15(9-13)10-16(21(26)25-20)11-17(12-23)22(27)24-18-6-4-5-7-19(18)28-3/h4-10,17H,11H2,1-3H3,(H,24,27)(H,25,26)/t17-/m1/s1. The number of H-pyrrole nitrogens is 1. The molecule has 0 saturated heterocycles. The summed E-state index contributed by atoms with van der Waals surface area (Å²) < 4.78 is 5.21. The van der Waals surface area contributed by atoms with Gasteiger partial charge in [-0.25, -0.2) is 0 Å². The molecule has 0 aliphatic heterocycles. The van der Waals surface area contributed by atoms with E-state index in [0.717, 1.165) is 22.0 Å². The van der Waals surface area contributed by atoms with Crippen molar-refractivity contribution in [3.8, 4) is 11.8 Å². The number of carbonyl (C=O) groups is 1. The molecule has 0 aliphatic rings. The number of ether oxygens (including phenoxy) is 1. The molecule has 0 bridgehead atoms. The number of nitriles is 1. The summed E-state index contributed by atoms with van der Waals surface area (Å²) in [5, 5.41) is 13.1. The molecule has 0 radical (unpaired) electrons. The van der Waals surface area contributed by atoms with Crippen LogP contribution in [0.25, 0.3) is 10.9 Å². The highest BCUT2D eigenvalue weighted by molar-refractivity contribution is 5.95. The molecular formula is C22H21N3O3. The third-order valence-electron chi connectivity index (χ3n) is 4.63. The molecule has 0 aliphatic carbocycles. The number of hydrogen-bond acceptors (Lipinski definition) is 4. The Kier molecular flexibility index (Phi) is 5.46. The van der Waals surface area contributed by atoms with E-state index in [4.69, 9.17) is 4.74 Å². The van der Waals surface area contributed by atoms with E-state index in [-0.39, 0.29) is 12.0 Å². The molecule has 1 amide bonds. The van der Waals surface area contributed by atoms with E-state index < -0.39 is 11.8 Å². The Hall–Kier alpha value is -3.59. The quantitative estimate of drug-likeness (QED) is 0.714. The maximum Gasteiger partial charge on any atom is 0.251 e. The molecule has 142 valence electrons. The Morgan fingerprint density at radius 1 is 1.25 bits per heavy atom.